The molecule has 1 aromatic rings. The van der Waals surface area contributed by atoms with E-state index in [4.69, 9.17) is 0 Å². The van der Waals surface area contributed by atoms with Gasteiger partial charge in [-0.1, -0.05) is 0 Å². The molecular weight excluding hydrogens is 245 g/mol. The Morgan fingerprint density at radius 2 is 2.00 bits per heavy atom. The van der Waals surface area contributed by atoms with Crippen molar-refractivity contribution >= 4 is 5.82 Å². The van der Waals surface area contributed by atoms with E-state index in [0.717, 1.165) is 10.6 Å². The van der Waals surface area contributed by atoms with Crippen LogP contribution < -0.4 is 5.32 Å². The van der Waals surface area contributed by atoms with Crippen LogP contribution in [0.15, 0.2) is 6.07 Å². The van der Waals surface area contributed by atoms with E-state index in [1.807, 2.05) is 6.92 Å². The lowest BCUT2D eigenvalue weighted by Crippen LogP contribution is -2.31. The van der Waals surface area contributed by atoms with Gasteiger partial charge in [0.2, 0.25) is 0 Å². The summed E-state index contributed by atoms with van der Waals surface area (Å²) in [5.74, 6) is 1.03. The smallest absolute Gasteiger partial charge is 0.370 e. The van der Waals surface area contributed by atoms with Crippen molar-refractivity contribution in [3.63, 3.8) is 0 Å². The fraction of sp³-hybridized carbons (Fsp3) is 0.636. The molecule has 4 nitrogen and oxygen atoms in total. The van der Waals surface area contributed by atoms with Crippen molar-refractivity contribution in [3.8, 4) is 0 Å². The van der Waals surface area contributed by atoms with Gasteiger partial charge in [0, 0.05) is 18.3 Å². The molecule has 0 bridgehead atoms. The van der Waals surface area contributed by atoms with E-state index in [-0.39, 0.29) is 6.54 Å². The first-order valence-electron chi connectivity index (χ1n) is 5.64. The Bertz CT molecular complexity index is 392. The second kappa shape index (κ2) is 5.99. The minimum atomic E-state index is -4.21. The predicted octanol–water partition coefficient (Wildman–Crippen LogP) is 2.21. The number of aryl methyl sites for hydroxylation is 1. The first-order valence-corrected chi connectivity index (χ1v) is 5.64. The summed E-state index contributed by atoms with van der Waals surface area (Å²) in [6.45, 7) is 3.51. The summed E-state index contributed by atoms with van der Waals surface area (Å²) >= 11 is 0. The number of hydrogen-bond acceptors (Lipinski definition) is 4. The van der Waals surface area contributed by atoms with Gasteiger partial charge in [0.05, 0.1) is 13.1 Å². The average molecular weight is 262 g/mol. The molecule has 0 amide bonds. The third-order valence-corrected chi connectivity index (χ3v) is 2.12. The van der Waals surface area contributed by atoms with Gasteiger partial charge in [-0.25, -0.2) is 9.97 Å². The number of halogens is 3. The molecule has 1 rings (SSSR count). The minimum Gasteiger partial charge on any atom is -0.370 e. The maximum absolute atomic E-state index is 12.2. The maximum atomic E-state index is 12.2. The Hall–Kier alpha value is -1.37. The molecule has 0 atom stereocenters. The molecule has 1 heterocycles. The molecule has 1 aromatic heterocycles. The minimum absolute atomic E-state index is 0.0690. The van der Waals surface area contributed by atoms with Crippen LogP contribution in [0, 0.1) is 6.92 Å². The van der Waals surface area contributed by atoms with Gasteiger partial charge in [0.15, 0.2) is 0 Å². The molecule has 0 saturated heterocycles. The highest BCUT2D eigenvalue weighted by Gasteiger charge is 2.29. The van der Waals surface area contributed by atoms with Crippen LogP contribution in [0.5, 0.6) is 0 Å². The lowest BCUT2D eigenvalue weighted by Gasteiger charge is -2.18. The van der Waals surface area contributed by atoms with Gasteiger partial charge in [-0.2, -0.15) is 13.2 Å². The zero-order valence-corrected chi connectivity index (χ0v) is 10.7. The number of rotatable bonds is 5. The molecule has 0 radical (unpaired) electrons. The SMILES string of the molecule is CCNc1cc(C)nc(CN(C)CC(F)(F)F)n1. The van der Waals surface area contributed by atoms with Crippen LogP contribution in [0.25, 0.3) is 0 Å². The Morgan fingerprint density at radius 3 is 2.56 bits per heavy atom. The number of hydrogen-bond donors (Lipinski definition) is 1. The molecule has 102 valence electrons. The summed E-state index contributed by atoms with van der Waals surface area (Å²) in [5.41, 5.74) is 0.733. The highest BCUT2D eigenvalue weighted by Crippen LogP contribution is 2.16. The van der Waals surface area contributed by atoms with E-state index in [0.29, 0.717) is 18.2 Å². The van der Waals surface area contributed by atoms with Gasteiger partial charge in [-0.05, 0) is 20.9 Å². The third-order valence-electron chi connectivity index (χ3n) is 2.12. The molecule has 0 spiro atoms. The van der Waals surface area contributed by atoms with Crippen molar-refractivity contribution in [1.29, 1.82) is 0 Å². The van der Waals surface area contributed by atoms with Crippen LogP contribution in [0.2, 0.25) is 0 Å². The zero-order chi connectivity index (χ0) is 13.8. The normalized spacial score (nSPS) is 11.9. The Labute approximate surface area is 104 Å². The second-order valence-electron chi connectivity index (χ2n) is 4.13. The van der Waals surface area contributed by atoms with Gasteiger partial charge in [-0.15, -0.1) is 0 Å². The molecule has 0 aliphatic rings. The van der Waals surface area contributed by atoms with Gasteiger partial charge in [0.1, 0.15) is 11.6 Å². The summed E-state index contributed by atoms with van der Waals surface area (Å²) < 4.78 is 36.6. The number of alkyl halides is 3. The van der Waals surface area contributed by atoms with Crippen LogP contribution >= 0.6 is 0 Å². The lowest BCUT2D eigenvalue weighted by atomic mass is 10.4. The quantitative estimate of drug-likeness (QED) is 0.883. The van der Waals surface area contributed by atoms with Crippen LogP contribution in [0.3, 0.4) is 0 Å². The van der Waals surface area contributed by atoms with Crippen molar-refractivity contribution in [1.82, 2.24) is 14.9 Å². The number of nitrogens with zero attached hydrogens (tertiary/aromatic N) is 3. The van der Waals surface area contributed by atoms with Crippen molar-refractivity contribution in [2.75, 3.05) is 25.5 Å². The zero-order valence-electron chi connectivity index (χ0n) is 10.7. The van der Waals surface area contributed by atoms with Gasteiger partial charge in [-0.3, -0.25) is 4.90 Å². The van der Waals surface area contributed by atoms with Crippen molar-refractivity contribution in [3.05, 3.63) is 17.6 Å². The molecule has 0 aliphatic heterocycles. The fourth-order valence-electron chi connectivity index (χ4n) is 1.58. The third kappa shape index (κ3) is 5.31. The van der Waals surface area contributed by atoms with Crippen LogP contribution in [0.4, 0.5) is 19.0 Å². The van der Waals surface area contributed by atoms with E-state index in [1.54, 1.807) is 13.0 Å². The summed E-state index contributed by atoms with van der Waals surface area (Å²) in [4.78, 5) is 9.43. The number of anilines is 1. The molecule has 18 heavy (non-hydrogen) atoms. The van der Waals surface area contributed by atoms with Gasteiger partial charge >= 0.3 is 6.18 Å². The van der Waals surface area contributed by atoms with E-state index < -0.39 is 12.7 Å². The first kappa shape index (κ1) is 14.7. The van der Waals surface area contributed by atoms with E-state index in [1.165, 1.54) is 7.05 Å². The van der Waals surface area contributed by atoms with Crippen LogP contribution in [-0.2, 0) is 6.54 Å². The number of aromatic nitrogens is 2. The second-order valence-corrected chi connectivity index (χ2v) is 4.13. The molecule has 0 fully saturated rings. The van der Waals surface area contributed by atoms with E-state index in [2.05, 4.69) is 15.3 Å². The molecule has 0 aromatic carbocycles. The number of nitrogens with one attached hydrogen (secondary N) is 1. The molecule has 7 heteroatoms. The fourth-order valence-corrected chi connectivity index (χ4v) is 1.58. The topological polar surface area (TPSA) is 41.1 Å². The standard InChI is InChI=1S/C11H17F3N4/c1-4-15-9-5-8(2)16-10(17-9)6-18(3)7-11(12,13)14/h5H,4,6-7H2,1-3H3,(H,15,16,17). The molecular formula is C11H17F3N4. The lowest BCUT2D eigenvalue weighted by molar-refractivity contribution is -0.144. The Kier molecular flexibility index (Phi) is 4.89. The summed E-state index contributed by atoms with van der Waals surface area (Å²) in [6.07, 6.45) is -4.21. The Morgan fingerprint density at radius 1 is 1.33 bits per heavy atom. The summed E-state index contributed by atoms with van der Waals surface area (Å²) in [7, 11) is 1.39. The molecule has 0 saturated carbocycles. The average Bonchev–Trinajstić information content (AvgIpc) is 2.12. The van der Waals surface area contributed by atoms with Crippen molar-refractivity contribution in [2.24, 2.45) is 0 Å². The summed E-state index contributed by atoms with van der Waals surface area (Å²) in [5, 5.41) is 3.02. The summed E-state index contributed by atoms with van der Waals surface area (Å²) in [6, 6.07) is 1.76. The highest BCUT2D eigenvalue weighted by atomic mass is 19.4. The molecule has 0 aliphatic carbocycles. The monoisotopic (exact) mass is 262 g/mol. The van der Waals surface area contributed by atoms with E-state index in [9.17, 15) is 13.2 Å². The van der Waals surface area contributed by atoms with Crippen LogP contribution in [0.1, 0.15) is 18.4 Å². The molecule has 0 unspecified atom stereocenters. The van der Waals surface area contributed by atoms with Crippen molar-refractivity contribution < 1.29 is 13.2 Å². The molecule has 1 N–H and O–H groups in total. The van der Waals surface area contributed by atoms with E-state index >= 15 is 0 Å². The Balaban J connectivity index is 2.71. The highest BCUT2D eigenvalue weighted by molar-refractivity contribution is 5.35. The largest absolute Gasteiger partial charge is 0.401 e. The van der Waals surface area contributed by atoms with Crippen LogP contribution in [-0.4, -0.2) is 41.2 Å². The first-order chi connectivity index (χ1) is 8.30. The van der Waals surface area contributed by atoms with Crippen molar-refractivity contribution in [2.45, 2.75) is 26.6 Å². The van der Waals surface area contributed by atoms with Gasteiger partial charge < -0.3 is 5.32 Å². The maximum Gasteiger partial charge on any atom is 0.401 e. The van der Waals surface area contributed by atoms with Gasteiger partial charge in [0.25, 0.3) is 0 Å². The predicted molar refractivity (Wildman–Crippen MR) is 63.3 cm³/mol.